The van der Waals surface area contributed by atoms with Crippen LogP contribution in [0.5, 0.6) is 0 Å². The number of hydrogen-bond donors (Lipinski definition) is 1. The number of anilines is 1. The Balaban J connectivity index is 0.00000103. The van der Waals surface area contributed by atoms with E-state index in [-0.39, 0.29) is 42.5 Å². The molecule has 1 N–H and O–H groups in total. The number of halogens is 2. The van der Waals surface area contributed by atoms with Gasteiger partial charge in [-0.2, -0.15) is 9.59 Å². The average molecular weight is 577 g/mol. The number of nitrogens with one attached hydrogen (secondary N) is 1. The largest absolute Gasteiger partial charge is 0.379 e. The molecule has 214 valence electrons. The monoisotopic (exact) mass is 576 g/mol. The lowest BCUT2D eigenvalue weighted by molar-refractivity contribution is -0.191. The van der Waals surface area contributed by atoms with E-state index in [1.807, 2.05) is 18.5 Å². The lowest BCUT2D eigenvalue weighted by atomic mass is 10.1. The molecule has 3 aliphatic rings. The van der Waals surface area contributed by atoms with Gasteiger partial charge in [0.1, 0.15) is 12.2 Å². The fourth-order valence-electron chi connectivity index (χ4n) is 5.41. The lowest BCUT2D eigenvalue weighted by Crippen LogP contribution is -2.30. The number of hydrogen-bond acceptors (Lipinski definition) is 11. The van der Waals surface area contributed by atoms with Gasteiger partial charge in [-0.25, -0.2) is 23.4 Å². The molecule has 11 nitrogen and oxygen atoms in total. The summed E-state index contributed by atoms with van der Waals surface area (Å²) in [6, 6.07) is 3.94. The number of benzene rings is 1. The summed E-state index contributed by atoms with van der Waals surface area (Å²) >= 11 is 1.57. The standard InChI is InChI=1S/C25H30F2N6O3S.CO2/c1-5-8-37-24-29-22(28-16-10-13(16)12-6-7-14(26)15(27)9-12)19-23(30-24)33(32-31-19)17-11-18(34-4)21-20(17)35-25(2,3)36-21;2-1-3/h6-7,9,13,16-18,20-21H,5,8,10-11H2,1-4H3,(H,28,29,30);/t13-,16+,17+,18-,20-,21+;/m0./s1. The van der Waals surface area contributed by atoms with E-state index in [1.54, 1.807) is 24.9 Å². The SMILES string of the molecule is CCCSc1nc(N[C@@H]2C[C@H]2c2ccc(F)c(F)c2)c2nnn([C@@H]3C[C@H](OC)[C@H]4OC(C)(C)O[C@H]43)c2n1.O=C=O. The average Bonchev–Trinajstić information content (AvgIpc) is 3.25. The highest BCUT2D eigenvalue weighted by atomic mass is 32.2. The van der Waals surface area contributed by atoms with E-state index in [0.29, 0.717) is 28.6 Å². The second-order valence-electron chi connectivity index (χ2n) is 10.4. The van der Waals surface area contributed by atoms with Crippen molar-refractivity contribution < 1.29 is 32.6 Å². The lowest BCUT2D eigenvalue weighted by Gasteiger charge is -2.23. The van der Waals surface area contributed by atoms with Crippen LogP contribution >= 0.6 is 11.8 Å². The maximum absolute atomic E-state index is 13.8. The first-order chi connectivity index (χ1) is 19.2. The molecule has 3 aromatic rings. The number of aromatic nitrogens is 5. The van der Waals surface area contributed by atoms with Gasteiger partial charge in [-0.15, -0.1) is 5.10 Å². The van der Waals surface area contributed by atoms with Crippen molar-refractivity contribution in [3.05, 3.63) is 35.4 Å². The Morgan fingerprint density at radius 3 is 2.62 bits per heavy atom. The summed E-state index contributed by atoms with van der Waals surface area (Å²) in [7, 11) is 1.68. The molecule has 1 aromatic carbocycles. The minimum atomic E-state index is -0.842. The molecule has 0 bridgehead atoms. The Hall–Kier alpha value is -3.03. The zero-order valence-electron chi connectivity index (χ0n) is 22.5. The summed E-state index contributed by atoms with van der Waals surface area (Å²) < 4.78 is 47.1. The van der Waals surface area contributed by atoms with Crippen LogP contribution in [0.1, 0.15) is 57.6 Å². The molecular formula is C26H30F2N6O5S. The number of fused-ring (bicyclic) bond motifs is 2. The third kappa shape index (κ3) is 5.59. The Labute approximate surface area is 233 Å². The number of carbonyl (C=O) groups excluding carboxylic acids is 2. The number of nitrogens with zero attached hydrogens (tertiary/aromatic N) is 5. The molecule has 0 radical (unpaired) electrons. The van der Waals surface area contributed by atoms with Gasteiger partial charge in [0.2, 0.25) is 0 Å². The van der Waals surface area contributed by atoms with Crippen molar-refractivity contribution >= 4 is 34.9 Å². The molecule has 6 atom stereocenters. The normalized spacial score (nSPS) is 28.1. The van der Waals surface area contributed by atoms with Crippen LogP contribution in [0, 0.1) is 11.6 Å². The number of methoxy groups -OCH3 is 1. The Morgan fingerprint density at radius 1 is 1.18 bits per heavy atom. The van der Waals surface area contributed by atoms with Crippen LogP contribution in [0.15, 0.2) is 23.4 Å². The van der Waals surface area contributed by atoms with Gasteiger partial charge in [0.05, 0.1) is 12.1 Å². The second kappa shape index (κ2) is 11.5. The molecule has 2 aliphatic carbocycles. The molecule has 1 aliphatic heterocycles. The highest BCUT2D eigenvalue weighted by Crippen LogP contribution is 2.46. The fraction of sp³-hybridized carbons (Fsp3) is 0.577. The third-order valence-electron chi connectivity index (χ3n) is 7.22. The Morgan fingerprint density at radius 2 is 1.93 bits per heavy atom. The summed E-state index contributed by atoms with van der Waals surface area (Å²) in [4.78, 5) is 25.8. The first-order valence-corrected chi connectivity index (χ1v) is 14.0. The van der Waals surface area contributed by atoms with Crippen molar-refractivity contribution in [2.24, 2.45) is 0 Å². The van der Waals surface area contributed by atoms with Crippen LogP contribution in [0.3, 0.4) is 0 Å². The molecule has 40 heavy (non-hydrogen) atoms. The van der Waals surface area contributed by atoms with Crippen LogP contribution in [0.25, 0.3) is 11.2 Å². The van der Waals surface area contributed by atoms with Crippen molar-refractivity contribution in [2.75, 3.05) is 18.2 Å². The van der Waals surface area contributed by atoms with Gasteiger partial charge in [-0.3, -0.25) is 0 Å². The molecule has 3 heterocycles. The first-order valence-electron chi connectivity index (χ1n) is 13.0. The number of ether oxygens (including phenoxy) is 3. The second-order valence-corrected chi connectivity index (χ2v) is 11.5. The smallest absolute Gasteiger partial charge is 0.373 e. The molecule has 6 rings (SSSR count). The maximum atomic E-state index is 13.8. The van der Waals surface area contributed by atoms with E-state index < -0.39 is 17.4 Å². The highest BCUT2D eigenvalue weighted by Gasteiger charge is 2.55. The minimum absolute atomic E-state index is 0.0261. The van der Waals surface area contributed by atoms with Gasteiger partial charge in [0.25, 0.3) is 0 Å². The highest BCUT2D eigenvalue weighted by molar-refractivity contribution is 7.99. The minimum Gasteiger partial charge on any atom is -0.379 e. The Bertz CT molecular complexity index is 1420. The van der Waals surface area contributed by atoms with Gasteiger partial charge in [0, 0.05) is 31.2 Å². The first kappa shape index (κ1) is 28.5. The molecule has 0 unspecified atom stereocenters. The van der Waals surface area contributed by atoms with Gasteiger partial charge in [0.15, 0.2) is 39.6 Å². The summed E-state index contributed by atoms with van der Waals surface area (Å²) in [6.07, 6.45) is 2.09. The van der Waals surface area contributed by atoms with E-state index in [4.69, 9.17) is 33.8 Å². The van der Waals surface area contributed by atoms with Crippen LogP contribution in [0.4, 0.5) is 14.6 Å². The molecule has 14 heteroatoms. The van der Waals surface area contributed by atoms with Crippen LogP contribution in [0.2, 0.25) is 0 Å². The molecule has 0 spiro atoms. The fourth-order valence-corrected chi connectivity index (χ4v) is 6.11. The van der Waals surface area contributed by atoms with Gasteiger partial charge in [-0.05, 0) is 44.4 Å². The molecule has 1 saturated heterocycles. The number of thioether (sulfide) groups is 1. The van der Waals surface area contributed by atoms with Crippen molar-refractivity contribution in [2.45, 2.75) is 87.3 Å². The van der Waals surface area contributed by atoms with E-state index >= 15 is 0 Å². The van der Waals surface area contributed by atoms with Gasteiger partial charge < -0.3 is 19.5 Å². The molecule has 2 aromatic heterocycles. The predicted molar refractivity (Wildman–Crippen MR) is 139 cm³/mol. The molecule has 0 amide bonds. The molecule has 2 saturated carbocycles. The molecular weight excluding hydrogens is 546 g/mol. The topological polar surface area (TPSA) is 130 Å². The van der Waals surface area contributed by atoms with E-state index in [1.165, 1.54) is 12.1 Å². The van der Waals surface area contributed by atoms with E-state index in [9.17, 15) is 8.78 Å². The van der Waals surface area contributed by atoms with Crippen LogP contribution in [-0.4, -0.2) is 74.1 Å². The summed E-state index contributed by atoms with van der Waals surface area (Å²) in [6.45, 7) is 5.91. The van der Waals surface area contributed by atoms with Gasteiger partial charge >= 0.3 is 6.15 Å². The Kier molecular flexibility index (Phi) is 8.16. The van der Waals surface area contributed by atoms with Crippen molar-refractivity contribution in [1.82, 2.24) is 25.0 Å². The van der Waals surface area contributed by atoms with Crippen LogP contribution < -0.4 is 5.32 Å². The zero-order chi connectivity index (χ0) is 28.6. The quantitative estimate of drug-likeness (QED) is 0.310. The summed E-state index contributed by atoms with van der Waals surface area (Å²) in [5.74, 6) is -0.868. The molecule has 3 fully saturated rings. The van der Waals surface area contributed by atoms with Crippen molar-refractivity contribution in [3.63, 3.8) is 0 Å². The van der Waals surface area contributed by atoms with Crippen molar-refractivity contribution in [3.8, 4) is 0 Å². The third-order valence-corrected chi connectivity index (χ3v) is 8.28. The van der Waals surface area contributed by atoms with E-state index in [0.717, 1.165) is 24.2 Å². The maximum Gasteiger partial charge on any atom is 0.373 e. The summed E-state index contributed by atoms with van der Waals surface area (Å²) in [5.41, 5.74) is 1.94. The summed E-state index contributed by atoms with van der Waals surface area (Å²) in [5, 5.41) is 13.1. The van der Waals surface area contributed by atoms with Crippen molar-refractivity contribution in [1.29, 1.82) is 0 Å². The van der Waals surface area contributed by atoms with Gasteiger partial charge in [-0.1, -0.05) is 30.0 Å². The van der Waals surface area contributed by atoms with Crippen LogP contribution in [-0.2, 0) is 23.8 Å². The van der Waals surface area contributed by atoms with E-state index in [2.05, 4.69) is 22.6 Å². The number of rotatable bonds is 8. The predicted octanol–water partition coefficient (Wildman–Crippen LogP) is 3.87. The zero-order valence-corrected chi connectivity index (χ0v) is 23.3.